The third-order valence-electron chi connectivity index (χ3n) is 6.16. The Labute approximate surface area is 220 Å². The van der Waals surface area contributed by atoms with Crippen molar-refractivity contribution in [2.24, 2.45) is 0 Å². The maximum absolute atomic E-state index is 12.4. The molecule has 1 fully saturated rings. The molecular weight excluding hydrogens is 503 g/mol. The molecule has 0 saturated carbocycles. The van der Waals surface area contributed by atoms with Crippen molar-refractivity contribution in [3.8, 4) is 17.0 Å². The van der Waals surface area contributed by atoms with Crippen LogP contribution < -0.4 is 15.8 Å². The number of aromatic nitrogens is 1. The van der Waals surface area contributed by atoms with Crippen LogP contribution in [-0.2, 0) is 11.3 Å². The zero-order valence-corrected chi connectivity index (χ0v) is 22.1. The molecular formula is C26H30Cl2N4O2S. The lowest BCUT2D eigenvalue weighted by Gasteiger charge is -2.32. The fourth-order valence-electron chi connectivity index (χ4n) is 4.28. The molecule has 2 heterocycles. The summed E-state index contributed by atoms with van der Waals surface area (Å²) in [5.41, 5.74) is 9.91. The van der Waals surface area contributed by atoms with Crippen molar-refractivity contribution >= 4 is 45.6 Å². The molecule has 1 aromatic heterocycles. The van der Waals surface area contributed by atoms with Crippen molar-refractivity contribution in [2.75, 3.05) is 25.4 Å². The van der Waals surface area contributed by atoms with E-state index in [1.54, 1.807) is 0 Å². The van der Waals surface area contributed by atoms with Gasteiger partial charge in [-0.25, -0.2) is 4.98 Å². The molecule has 1 aliphatic rings. The standard InChI is InChI=1S/C26H30Cl2N4O2S/c1-17-13-20(5-6-21(17)24-16-35-26(29)31-24)34-12-2-3-25(33)30-19-8-10-32(11-9-19)15-18-4-7-22(27)23(28)14-18/h4-7,13-14,16,19H,2-3,8-12,15H2,1H3,(H2,29,31)(H,30,33). The normalized spacial score (nSPS) is 14.7. The Balaban J connectivity index is 1.13. The van der Waals surface area contributed by atoms with E-state index in [2.05, 4.69) is 15.2 Å². The van der Waals surface area contributed by atoms with Crippen LogP contribution in [0.1, 0.15) is 36.8 Å². The summed E-state index contributed by atoms with van der Waals surface area (Å²) in [7, 11) is 0. The van der Waals surface area contributed by atoms with Gasteiger partial charge in [-0.15, -0.1) is 11.3 Å². The summed E-state index contributed by atoms with van der Waals surface area (Å²) in [4.78, 5) is 19.1. The summed E-state index contributed by atoms with van der Waals surface area (Å²) in [6.45, 7) is 5.25. The minimum atomic E-state index is 0.0872. The molecule has 0 spiro atoms. The topological polar surface area (TPSA) is 80.5 Å². The molecule has 35 heavy (non-hydrogen) atoms. The van der Waals surface area contributed by atoms with E-state index in [9.17, 15) is 4.79 Å². The first-order valence-electron chi connectivity index (χ1n) is 11.8. The van der Waals surface area contributed by atoms with E-state index in [0.29, 0.717) is 34.6 Å². The number of thiazole rings is 1. The number of nitrogens with one attached hydrogen (secondary N) is 1. The summed E-state index contributed by atoms with van der Waals surface area (Å²) in [5.74, 6) is 0.883. The molecule has 2 aromatic carbocycles. The second-order valence-electron chi connectivity index (χ2n) is 8.87. The molecule has 4 rings (SSSR count). The summed E-state index contributed by atoms with van der Waals surface area (Å²) >= 11 is 13.6. The second-order valence-corrected chi connectivity index (χ2v) is 10.6. The van der Waals surface area contributed by atoms with Crippen LogP contribution in [0.25, 0.3) is 11.3 Å². The fourth-order valence-corrected chi connectivity index (χ4v) is 5.16. The number of ether oxygens (including phenoxy) is 1. The lowest BCUT2D eigenvalue weighted by atomic mass is 10.0. The van der Waals surface area contributed by atoms with Crippen molar-refractivity contribution < 1.29 is 9.53 Å². The van der Waals surface area contributed by atoms with Crippen molar-refractivity contribution in [1.29, 1.82) is 0 Å². The first-order valence-corrected chi connectivity index (χ1v) is 13.4. The summed E-state index contributed by atoms with van der Waals surface area (Å²) in [5, 5.41) is 6.86. The zero-order valence-electron chi connectivity index (χ0n) is 19.7. The Bertz CT molecular complexity index is 1160. The monoisotopic (exact) mass is 532 g/mol. The summed E-state index contributed by atoms with van der Waals surface area (Å²) < 4.78 is 5.86. The van der Waals surface area contributed by atoms with Gasteiger partial charge in [0.1, 0.15) is 5.75 Å². The number of rotatable bonds is 9. The van der Waals surface area contributed by atoms with Gasteiger partial charge in [-0.05, 0) is 67.6 Å². The second kappa shape index (κ2) is 12.1. The van der Waals surface area contributed by atoms with Crippen molar-refractivity contribution in [1.82, 2.24) is 15.2 Å². The molecule has 0 unspecified atom stereocenters. The first-order chi connectivity index (χ1) is 16.9. The lowest BCUT2D eigenvalue weighted by molar-refractivity contribution is -0.122. The largest absolute Gasteiger partial charge is 0.494 e. The maximum Gasteiger partial charge on any atom is 0.220 e. The van der Waals surface area contributed by atoms with Crippen LogP contribution >= 0.6 is 34.5 Å². The van der Waals surface area contributed by atoms with E-state index < -0.39 is 0 Å². The Kier molecular flexibility index (Phi) is 8.89. The minimum Gasteiger partial charge on any atom is -0.494 e. The minimum absolute atomic E-state index is 0.0872. The van der Waals surface area contributed by atoms with E-state index in [1.165, 1.54) is 11.3 Å². The van der Waals surface area contributed by atoms with Gasteiger partial charge in [0.05, 0.1) is 22.3 Å². The highest BCUT2D eigenvalue weighted by atomic mass is 35.5. The fraction of sp³-hybridized carbons (Fsp3) is 0.385. The van der Waals surface area contributed by atoms with Gasteiger partial charge in [0.2, 0.25) is 5.91 Å². The van der Waals surface area contributed by atoms with Gasteiger partial charge < -0.3 is 15.8 Å². The number of nitrogens with zero attached hydrogens (tertiary/aromatic N) is 2. The first kappa shape index (κ1) is 25.8. The number of hydrogen-bond donors (Lipinski definition) is 2. The highest BCUT2D eigenvalue weighted by Gasteiger charge is 2.21. The molecule has 3 aromatic rings. The Hall–Kier alpha value is -2.32. The van der Waals surface area contributed by atoms with Crippen LogP contribution in [0.15, 0.2) is 41.8 Å². The Morgan fingerprint density at radius 1 is 1.20 bits per heavy atom. The number of piperidine rings is 1. The molecule has 186 valence electrons. The number of carbonyl (C=O) groups is 1. The predicted molar refractivity (Wildman–Crippen MR) is 144 cm³/mol. The molecule has 6 nitrogen and oxygen atoms in total. The Morgan fingerprint density at radius 2 is 2.00 bits per heavy atom. The number of carbonyl (C=O) groups excluding carboxylic acids is 1. The number of aryl methyl sites for hydroxylation is 1. The average molecular weight is 534 g/mol. The van der Waals surface area contributed by atoms with Gasteiger partial charge >= 0.3 is 0 Å². The molecule has 1 amide bonds. The molecule has 9 heteroatoms. The predicted octanol–water partition coefficient (Wildman–Crippen LogP) is 5.95. The molecule has 0 bridgehead atoms. The third kappa shape index (κ3) is 7.34. The third-order valence-corrected chi connectivity index (χ3v) is 7.57. The summed E-state index contributed by atoms with van der Waals surface area (Å²) in [6.07, 6.45) is 3.02. The number of benzene rings is 2. The molecule has 3 N–H and O–H groups in total. The van der Waals surface area contributed by atoms with Gasteiger partial charge in [-0.3, -0.25) is 9.69 Å². The number of halogens is 2. The quantitative estimate of drug-likeness (QED) is 0.333. The molecule has 1 saturated heterocycles. The Morgan fingerprint density at radius 3 is 2.69 bits per heavy atom. The van der Waals surface area contributed by atoms with Crippen LogP contribution in [0.5, 0.6) is 5.75 Å². The van der Waals surface area contributed by atoms with E-state index in [0.717, 1.165) is 60.6 Å². The number of amides is 1. The number of nitrogen functional groups attached to an aromatic ring is 1. The number of anilines is 1. The molecule has 0 aliphatic carbocycles. The van der Waals surface area contributed by atoms with Crippen LogP contribution in [0.2, 0.25) is 10.0 Å². The molecule has 0 atom stereocenters. The van der Waals surface area contributed by atoms with Gasteiger partial charge in [0, 0.05) is 43.0 Å². The van der Waals surface area contributed by atoms with Crippen LogP contribution in [-0.4, -0.2) is 41.5 Å². The highest BCUT2D eigenvalue weighted by molar-refractivity contribution is 7.13. The van der Waals surface area contributed by atoms with E-state index in [-0.39, 0.29) is 11.9 Å². The van der Waals surface area contributed by atoms with Gasteiger partial charge in [-0.2, -0.15) is 0 Å². The van der Waals surface area contributed by atoms with Crippen LogP contribution in [0, 0.1) is 6.92 Å². The van der Waals surface area contributed by atoms with Crippen molar-refractivity contribution in [2.45, 2.75) is 45.2 Å². The SMILES string of the molecule is Cc1cc(OCCCC(=O)NC2CCN(Cc3ccc(Cl)c(Cl)c3)CC2)ccc1-c1csc(N)n1. The highest BCUT2D eigenvalue weighted by Crippen LogP contribution is 2.29. The van der Waals surface area contributed by atoms with E-state index in [4.69, 9.17) is 33.7 Å². The number of hydrogen-bond acceptors (Lipinski definition) is 6. The number of nitrogens with two attached hydrogens (primary N) is 1. The maximum atomic E-state index is 12.4. The van der Waals surface area contributed by atoms with Gasteiger partial charge in [-0.1, -0.05) is 29.3 Å². The van der Waals surface area contributed by atoms with Crippen LogP contribution in [0.3, 0.4) is 0 Å². The molecule has 0 radical (unpaired) electrons. The molecule has 1 aliphatic heterocycles. The summed E-state index contributed by atoms with van der Waals surface area (Å²) in [6, 6.07) is 11.9. The lowest BCUT2D eigenvalue weighted by Crippen LogP contribution is -2.44. The van der Waals surface area contributed by atoms with Gasteiger partial charge in [0.15, 0.2) is 5.13 Å². The average Bonchev–Trinajstić information content (AvgIpc) is 3.26. The van der Waals surface area contributed by atoms with E-state index >= 15 is 0 Å². The van der Waals surface area contributed by atoms with Crippen molar-refractivity contribution in [3.05, 3.63) is 63.0 Å². The van der Waals surface area contributed by atoms with Crippen molar-refractivity contribution in [3.63, 3.8) is 0 Å². The van der Waals surface area contributed by atoms with E-state index in [1.807, 2.05) is 48.7 Å². The van der Waals surface area contributed by atoms with Gasteiger partial charge in [0.25, 0.3) is 0 Å². The van der Waals surface area contributed by atoms with Crippen LogP contribution in [0.4, 0.5) is 5.13 Å². The zero-order chi connectivity index (χ0) is 24.8. The smallest absolute Gasteiger partial charge is 0.220 e. The number of likely N-dealkylation sites (tertiary alicyclic amines) is 1.